The highest BCUT2D eigenvalue weighted by molar-refractivity contribution is 4.73. The van der Waals surface area contributed by atoms with E-state index in [4.69, 9.17) is 4.74 Å². The van der Waals surface area contributed by atoms with E-state index in [-0.39, 0.29) is 5.60 Å². The lowest BCUT2D eigenvalue weighted by molar-refractivity contribution is -0.0388. The smallest absolute Gasteiger partial charge is 0.0750 e. The van der Waals surface area contributed by atoms with Crippen LogP contribution in [-0.4, -0.2) is 25.3 Å². The van der Waals surface area contributed by atoms with Gasteiger partial charge in [-0.2, -0.15) is 0 Å². The Labute approximate surface area is 94.8 Å². The fourth-order valence-electron chi connectivity index (χ4n) is 2.17. The van der Waals surface area contributed by atoms with Crippen LogP contribution in [0.3, 0.4) is 0 Å². The van der Waals surface area contributed by atoms with Gasteiger partial charge >= 0.3 is 0 Å². The van der Waals surface area contributed by atoms with Gasteiger partial charge in [-0.1, -0.05) is 26.2 Å². The first-order valence-electron chi connectivity index (χ1n) is 6.49. The highest BCUT2D eigenvalue weighted by Gasteiger charge is 2.21. The van der Waals surface area contributed by atoms with Crippen LogP contribution in [0.15, 0.2) is 0 Å². The Morgan fingerprint density at radius 2 is 1.87 bits per heavy atom. The lowest BCUT2D eigenvalue weighted by Gasteiger charge is -2.29. The molecule has 2 heteroatoms. The molecule has 0 aromatic heterocycles. The van der Waals surface area contributed by atoms with Crippen molar-refractivity contribution >= 4 is 0 Å². The van der Waals surface area contributed by atoms with Crippen LogP contribution in [0.4, 0.5) is 0 Å². The van der Waals surface area contributed by atoms with E-state index in [1.165, 1.54) is 32.1 Å². The van der Waals surface area contributed by atoms with Gasteiger partial charge in [0.05, 0.1) is 12.2 Å². The molecule has 1 aliphatic carbocycles. The molecule has 90 valence electrons. The first kappa shape index (κ1) is 13.0. The van der Waals surface area contributed by atoms with Gasteiger partial charge in [0.25, 0.3) is 0 Å². The van der Waals surface area contributed by atoms with Gasteiger partial charge in [-0.15, -0.1) is 0 Å². The van der Waals surface area contributed by atoms with Crippen LogP contribution in [0.25, 0.3) is 0 Å². The predicted molar refractivity (Wildman–Crippen MR) is 65.1 cm³/mol. The van der Waals surface area contributed by atoms with E-state index in [2.05, 4.69) is 26.1 Å². The van der Waals surface area contributed by atoms with E-state index >= 15 is 0 Å². The molecule has 0 aromatic carbocycles. The summed E-state index contributed by atoms with van der Waals surface area (Å²) in [4.78, 5) is 0. The summed E-state index contributed by atoms with van der Waals surface area (Å²) < 4.78 is 6.01. The van der Waals surface area contributed by atoms with Crippen LogP contribution >= 0.6 is 0 Å². The Morgan fingerprint density at radius 3 is 2.47 bits per heavy atom. The topological polar surface area (TPSA) is 21.3 Å². The second-order valence-corrected chi connectivity index (χ2v) is 5.36. The third-order valence-corrected chi connectivity index (χ3v) is 3.24. The molecule has 1 rings (SSSR count). The molecule has 15 heavy (non-hydrogen) atoms. The highest BCUT2D eigenvalue weighted by Crippen LogP contribution is 2.25. The summed E-state index contributed by atoms with van der Waals surface area (Å²) in [5, 5.41) is 3.35. The van der Waals surface area contributed by atoms with Gasteiger partial charge < -0.3 is 10.1 Å². The van der Waals surface area contributed by atoms with Crippen LogP contribution < -0.4 is 5.32 Å². The average molecular weight is 213 g/mol. The molecule has 0 unspecified atom stereocenters. The number of nitrogens with one attached hydrogen (secondary N) is 1. The van der Waals surface area contributed by atoms with E-state index in [0.29, 0.717) is 0 Å². The molecule has 0 aromatic rings. The standard InChI is InChI=1S/C13H27NO/c1-4-14-11-13(2,3)15-10-12-8-6-5-7-9-12/h12,14H,4-11H2,1-3H3. The van der Waals surface area contributed by atoms with Crippen molar-refractivity contribution in [3.05, 3.63) is 0 Å². The normalized spacial score (nSPS) is 19.4. The summed E-state index contributed by atoms with van der Waals surface area (Å²) in [6.45, 7) is 9.43. The van der Waals surface area contributed by atoms with Crippen molar-refractivity contribution in [3.8, 4) is 0 Å². The van der Waals surface area contributed by atoms with Crippen molar-refractivity contribution in [2.75, 3.05) is 19.7 Å². The van der Waals surface area contributed by atoms with Crippen molar-refractivity contribution in [1.29, 1.82) is 0 Å². The van der Waals surface area contributed by atoms with Crippen LogP contribution in [0.1, 0.15) is 52.9 Å². The Morgan fingerprint density at radius 1 is 1.20 bits per heavy atom. The molecule has 2 nitrogen and oxygen atoms in total. The molecule has 0 atom stereocenters. The van der Waals surface area contributed by atoms with Gasteiger partial charge in [-0.05, 0) is 39.2 Å². The Bertz CT molecular complexity index is 162. The second kappa shape index (κ2) is 6.49. The predicted octanol–water partition coefficient (Wildman–Crippen LogP) is 2.97. The first-order valence-corrected chi connectivity index (χ1v) is 6.49. The Kier molecular flexibility index (Phi) is 5.62. The molecule has 0 saturated heterocycles. The number of hydrogen-bond acceptors (Lipinski definition) is 2. The van der Waals surface area contributed by atoms with E-state index in [1.807, 2.05) is 0 Å². The largest absolute Gasteiger partial charge is 0.374 e. The lowest BCUT2D eigenvalue weighted by Crippen LogP contribution is -2.39. The monoisotopic (exact) mass is 213 g/mol. The molecular formula is C13H27NO. The minimum atomic E-state index is -0.00649. The Balaban J connectivity index is 2.15. The van der Waals surface area contributed by atoms with E-state index in [1.54, 1.807) is 0 Å². The second-order valence-electron chi connectivity index (χ2n) is 5.36. The minimum absolute atomic E-state index is 0.00649. The van der Waals surface area contributed by atoms with Gasteiger partial charge in [0.2, 0.25) is 0 Å². The minimum Gasteiger partial charge on any atom is -0.374 e. The van der Waals surface area contributed by atoms with Crippen LogP contribution in [0.2, 0.25) is 0 Å². The van der Waals surface area contributed by atoms with Gasteiger partial charge in [-0.25, -0.2) is 0 Å². The summed E-state index contributed by atoms with van der Waals surface area (Å²) in [6, 6.07) is 0. The van der Waals surface area contributed by atoms with Crippen molar-refractivity contribution in [2.45, 2.75) is 58.5 Å². The molecule has 0 bridgehead atoms. The zero-order chi connectivity index (χ0) is 11.1. The molecule has 0 amide bonds. The molecule has 1 saturated carbocycles. The highest BCUT2D eigenvalue weighted by atomic mass is 16.5. The zero-order valence-corrected chi connectivity index (χ0v) is 10.6. The number of hydrogen-bond donors (Lipinski definition) is 1. The quantitative estimate of drug-likeness (QED) is 0.732. The van der Waals surface area contributed by atoms with E-state index in [9.17, 15) is 0 Å². The first-order chi connectivity index (χ1) is 7.14. The molecule has 1 aliphatic rings. The van der Waals surface area contributed by atoms with Crippen molar-refractivity contribution in [3.63, 3.8) is 0 Å². The fraction of sp³-hybridized carbons (Fsp3) is 1.00. The van der Waals surface area contributed by atoms with Crippen LogP contribution in [0.5, 0.6) is 0 Å². The molecule has 0 aliphatic heterocycles. The van der Waals surface area contributed by atoms with Crippen molar-refractivity contribution < 1.29 is 4.74 Å². The van der Waals surface area contributed by atoms with E-state index in [0.717, 1.165) is 25.6 Å². The van der Waals surface area contributed by atoms with Gasteiger partial charge in [0.15, 0.2) is 0 Å². The van der Waals surface area contributed by atoms with Crippen molar-refractivity contribution in [1.82, 2.24) is 5.32 Å². The van der Waals surface area contributed by atoms with Gasteiger partial charge in [0.1, 0.15) is 0 Å². The molecule has 0 heterocycles. The third-order valence-electron chi connectivity index (χ3n) is 3.24. The molecule has 0 radical (unpaired) electrons. The molecule has 1 fully saturated rings. The summed E-state index contributed by atoms with van der Waals surface area (Å²) in [5.74, 6) is 0.819. The zero-order valence-electron chi connectivity index (χ0n) is 10.6. The fourth-order valence-corrected chi connectivity index (χ4v) is 2.17. The summed E-state index contributed by atoms with van der Waals surface area (Å²) in [7, 11) is 0. The summed E-state index contributed by atoms with van der Waals surface area (Å²) >= 11 is 0. The maximum atomic E-state index is 6.01. The Hall–Kier alpha value is -0.0800. The SMILES string of the molecule is CCNCC(C)(C)OCC1CCCCC1. The van der Waals surface area contributed by atoms with Crippen LogP contribution in [0, 0.1) is 5.92 Å². The number of ether oxygens (including phenoxy) is 1. The lowest BCUT2D eigenvalue weighted by atomic mass is 9.90. The number of rotatable bonds is 6. The van der Waals surface area contributed by atoms with Crippen LogP contribution in [-0.2, 0) is 4.74 Å². The van der Waals surface area contributed by atoms with Gasteiger partial charge in [-0.3, -0.25) is 0 Å². The average Bonchev–Trinajstić information content (AvgIpc) is 2.25. The summed E-state index contributed by atoms with van der Waals surface area (Å²) in [5.41, 5.74) is -0.00649. The molecular weight excluding hydrogens is 186 g/mol. The van der Waals surface area contributed by atoms with Crippen molar-refractivity contribution in [2.24, 2.45) is 5.92 Å². The number of likely N-dealkylation sites (N-methyl/N-ethyl adjacent to an activating group) is 1. The van der Waals surface area contributed by atoms with E-state index < -0.39 is 0 Å². The molecule has 0 spiro atoms. The van der Waals surface area contributed by atoms with Gasteiger partial charge in [0, 0.05) is 6.54 Å². The maximum absolute atomic E-state index is 6.01. The summed E-state index contributed by atoms with van der Waals surface area (Å²) in [6.07, 6.45) is 6.98. The third kappa shape index (κ3) is 5.53. The molecule has 1 N–H and O–H groups in total. The maximum Gasteiger partial charge on any atom is 0.0750 e.